The zero-order chi connectivity index (χ0) is 51.6. The first-order chi connectivity index (χ1) is 35.0. The van der Waals surface area contributed by atoms with Gasteiger partial charge in [-0.1, -0.05) is 222 Å². The van der Waals surface area contributed by atoms with Crippen molar-refractivity contribution in [1.82, 2.24) is 9.80 Å². The number of nitrogens with zero attached hydrogens (tertiary/aromatic N) is 2. The van der Waals surface area contributed by atoms with Crippen molar-refractivity contribution >= 4 is 0 Å². The van der Waals surface area contributed by atoms with E-state index in [1.807, 2.05) is 0 Å². The van der Waals surface area contributed by atoms with Crippen LogP contribution in [-0.4, -0.2) is 84.6 Å². The van der Waals surface area contributed by atoms with Gasteiger partial charge in [0.05, 0.1) is 12.2 Å². The van der Waals surface area contributed by atoms with Gasteiger partial charge in [0.2, 0.25) is 0 Å². The SMILES string of the molecule is CCCCCC=CC/C=C\CCCCCCCCN(CCC(CCCCCCCC/C=C\C/C=C/CCCCC)CCN(CCCCCCCC/C=C/CC=CCCCCC)CC(O)CN)CC(O)CN. The van der Waals surface area contributed by atoms with Crippen LogP contribution in [0, 0.1) is 5.92 Å². The number of rotatable bonds is 57. The van der Waals surface area contributed by atoms with Crippen molar-refractivity contribution in [3.05, 3.63) is 72.9 Å². The predicted molar refractivity (Wildman–Crippen MR) is 318 cm³/mol. The third-order valence-electron chi connectivity index (χ3n) is 14.4. The molecule has 0 saturated heterocycles. The first-order valence-electron chi connectivity index (χ1n) is 31.1. The summed E-state index contributed by atoms with van der Waals surface area (Å²) in [5, 5.41) is 21.4. The summed E-state index contributed by atoms with van der Waals surface area (Å²) in [6.45, 7) is 13.0. The van der Waals surface area contributed by atoms with Gasteiger partial charge in [0.1, 0.15) is 0 Å². The third kappa shape index (κ3) is 54.3. The average molecular weight is 994 g/mol. The highest BCUT2D eigenvalue weighted by atomic mass is 16.3. The van der Waals surface area contributed by atoms with Gasteiger partial charge < -0.3 is 31.5 Å². The molecular formula is C65H124N4O2. The first kappa shape index (κ1) is 69.2. The van der Waals surface area contributed by atoms with Gasteiger partial charge in [0.15, 0.2) is 0 Å². The standard InChI is InChI=1S/C65H124N4O2/c1-4-7-10-13-16-19-22-25-28-31-34-37-40-43-46-49-52-63(53-57-68(61-64(70)59-66)55-50-47-44-41-38-35-32-29-26-23-20-17-14-11-8-5-2)54-58-69(62-65(71)60-67)56-51-48-45-42-39-36-33-30-27-24-21-18-15-12-9-6-3/h16-21,25-30,63-65,70-71H,4-15,22-24,31-62,66-67H2,1-3H3/b19-16+,20-17?,21-18?,28-25-,29-26-,30-27+. The van der Waals surface area contributed by atoms with Crippen LogP contribution in [0.25, 0.3) is 0 Å². The van der Waals surface area contributed by atoms with Crippen molar-refractivity contribution in [3.8, 4) is 0 Å². The van der Waals surface area contributed by atoms with E-state index in [-0.39, 0.29) is 0 Å². The molecule has 0 aliphatic heterocycles. The fraction of sp³-hybridized carbons (Fsp3) is 0.815. The molecule has 0 saturated carbocycles. The summed E-state index contributed by atoms with van der Waals surface area (Å²) in [6.07, 6.45) is 76.6. The molecule has 0 rings (SSSR count). The summed E-state index contributed by atoms with van der Waals surface area (Å²) >= 11 is 0. The van der Waals surface area contributed by atoms with Crippen molar-refractivity contribution in [2.75, 3.05) is 52.4 Å². The second kappa shape index (κ2) is 59.1. The molecule has 0 radical (unpaired) electrons. The second-order valence-corrected chi connectivity index (χ2v) is 21.4. The molecule has 0 spiro atoms. The maximum Gasteiger partial charge on any atom is 0.0789 e. The van der Waals surface area contributed by atoms with Gasteiger partial charge in [-0.2, -0.15) is 0 Å². The molecule has 6 heteroatoms. The topological polar surface area (TPSA) is 99.0 Å². The van der Waals surface area contributed by atoms with Gasteiger partial charge in [-0.3, -0.25) is 0 Å². The van der Waals surface area contributed by atoms with E-state index in [0.717, 1.165) is 58.3 Å². The number of hydrogen-bond donors (Lipinski definition) is 4. The van der Waals surface area contributed by atoms with E-state index in [1.54, 1.807) is 0 Å². The summed E-state index contributed by atoms with van der Waals surface area (Å²) in [4.78, 5) is 5.04. The molecule has 0 bridgehead atoms. The molecule has 3 unspecified atom stereocenters. The highest BCUT2D eigenvalue weighted by molar-refractivity contribution is 4.94. The Balaban J connectivity index is 5.04. The Hall–Kier alpha value is -1.80. The van der Waals surface area contributed by atoms with Crippen LogP contribution in [0.15, 0.2) is 72.9 Å². The van der Waals surface area contributed by atoms with Gasteiger partial charge >= 0.3 is 0 Å². The maximum absolute atomic E-state index is 10.7. The van der Waals surface area contributed by atoms with Gasteiger partial charge in [-0.05, 0) is 154 Å². The largest absolute Gasteiger partial charge is 0.390 e. The van der Waals surface area contributed by atoms with E-state index in [0.29, 0.717) is 32.1 Å². The normalized spacial score (nSPS) is 14.0. The Bertz CT molecular complexity index is 1140. The summed E-state index contributed by atoms with van der Waals surface area (Å²) in [5.74, 6) is 0.641. The van der Waals surface area contributed by atoms with Crippen molar-refractivity contribution in [2.45, 2.75) is 283 Å². The van der Waals surface area contributed by atoms with Crippen molar-refractivity contribution < 1.29 is 10.2 Å². The molecule has 0 heterocycles. The maximum atomic E-state index is 10.7. The minimum absolute atomic E-state index is 0.323. The highest BCUT2D eigenvalue weighted by Crippen LogP contribution is 2.22. The van der Waals surface area contributed by atoms with Gasteiger partial charge in [0, 0.05) is 26.2 Å². The van der Waals surface area contributed by atoms with E-state index < -0.39 is 12.2 Å². The molecule has 0 aliphatic carbocycles. The summed E-state index contributed by atoms with van der Waals surface area (Å²) in [6, 6.07) is 0. The lowest BCUT2D eigenvalue weighted by Gasteiger charge is -2.29. The molecule has 0 aliphatic rings. The van der Waals surface area contributed by atoms with Crippen molar-refractivity contribution in [2.24, 2.45) is 17.4 Å². The monoisotopic (exact) mass is 993 g/mol. The molecule has 6 nitrogen and oxygen atoms in total. The minimum atomic E-state index is -0.465. The average Bonchev–Trinajstić information content (AvgIpc) is 3.38. The van der Waals surface area contributed by atoms with E-state index in [2.05, 4.69) is 103 Å². The fourth-order valence-electron chi connectivity index (χ4n) is 9.57. The molecule has 0 aromatic rings. The zero-order valence-electron chi connectivity index (χ0n) is 47.8. The number of unbranched alkanes of at least 4 members (excludes halogenated alkanes) is 27. The smallest absolute Gasteiger partial charge is 0.0789 e. The Morgan fingerprint density at radius 1 is 0.310 bits per heavy atom. The Morgan fingerprint density at radius 2 is 0.577 bits per heavy atom. The molecule has 3 atom stereocenters. The summed E-state index contributed by atoms with van der Waals surface area (Å²) in [7, 11) is 0. The highest BCUT2D eigenvalue weighted by Gasteiger charge is 2.18. The van der Waals surface area contributed by atoms with Crippen molar-refractivity contribution in [1.29, 1.82) is 0 Å². The Kier molecular flexibility index (Phi) is 57.6. The molecule has 416 valence electrons. The van der Waals surface area contributed by atoms with Gasteiger partial charge in [0.25, 0.3) is 0 Å². The Morgan fingerprint density at radius 3 is 0.873 bits per heavy atom. The van der Waals surface area contributed by atoms with Crippen LogP contribution in [0.3, 0.4) is 0 Å². The number of allylic oxidation sites excluding steroid dienone is 12. The van der Waals surface area contributed by atoms with Gasteiger partial charge in [-0.25, -0.2) is 0 Å². The van der Waals surface area contributed by atoms with Crippen LogP contribution in [0.2, 0.25) is 0 Å². The van der Waals surface area contributed by atoms with E-state index in [9.17, 15) is 10.2 Å². The van der Waals surface area contributed by atoms with E-state index in [4.69, 9.17) is 11.5 Å². The molecule has 6 N–H and O–H groups in total. The molecule has 0 aromatic carbocycles. The number of aliphatic hydroxyl groups excluding tert-OH is 2. The molecule has 71 heavy (non-hydrogen) atoms. The fourth-order valence-corrected chi connectivity index (χ4v) is 9.57. The van der Waals surface area contributed by atoms with Crippen LogP contribution in [-0.2, 0) is 0 Å². The molecule has 0 amide bonds. The lowest BCUT2D eigenvalue weighted by atomic mass is 9.93. The number of nitrogens with two attached hydrogens (primary N) is 2. The Labute approximate surface area is 444 Å². The predicted octanol–water partition coefficient (Wildman–Crippen LogP) is 17.5. The number of hydrogen-bond acceptors (Lipinski definition) is 6. The lowest BCUT2D eigenvalue weighted by Crippen LogP contribution is -2.39. The minimum Gasteiger partial charge on any atom is -0.390 e. The van der Waals surface area contributed by atoms with Crippen LogP contribution >= 0.6 is 0 Å². The van der Waals surface area contributed by atoms with E-state index >= 15 is 0 Å². The van der Waals surface area contributed by atoms with E-state index in [1.165, 1.54) is 218 Å². The van der Waals surface area contributed by atoms with Crippen LogP contribution in [0.5, 0.6) is 0 Å². The van der Waals surface area contributed by atoms with Crippen LogP contribution in [0.1, 0.15) is 271 Å². The van der Waals surface area contributed by atoms with Crippen LogP contribution < -0.4 is 11.5 Å². The second-order valence-electron chi connectivity index (χ2n) is 21.4. The van der Waals surface area contributed by atoms with Gasteiger partial charge in [-0.15, -0.1) is 0 Å². The van der Waals surface area contributed by atoms with Crippen molar-refractivity contribution in [3.63, 3.8) is 0 Å². The van der Waals surface area contributed by atoms with Crippen LogP contribution in [0.4, 0.5) is 0 Å². The zero-order valence-corrected chi connectivity index (χ0v) is 47.8. The number of aliphatic hydroxyl groups is 2. The molecule has 0 aromatic heterocycles. The first-order valence-corrected chi connectivity index (χ1v) is 31.1. The summed E-state index contributed by atoms with van der Waals surface area (Å²) < 4.78 is 0. The lowest BCUT2D eigenvalue weighted by molar-refractivity contribution is 0.104. The quantitative estimate of drug-likeness (QED) is 0.0358. The third-order valence-corrected chi connectivity index (χ3v) is 14.4. The molecule has 0 fully saturated rings. The molecular weight excluding hydrogens is 869 g/mol. The summed E-state index contributed by atoms with van der Waals surface area (Å²) in [5.41, 5.74) is 11.9.